The Bertz CT molecular complexity index is 297. The number of rotatable bonds is 4. The Morgan fingerprint density at radius 3 is 2.64 bits per heavy atom. The summed E-state index contributed by atoms with van der Waals surface area (Å²) in [6.07, 6.45) is 0. The van der Waals surface area contributed by atoms with Crippen LogP contribution in [0.2, 0.25) is 0 Å². The first-order valence-corrected chi connectivity index (χ1v) is 4.93. The Hall–Kier alpha value is -1.09. The molecule has 0 unspecified atom stereocenters. The van der Waals surface area contributed by atoms with Gasteiger partial charge in [0.05, 0.1) is 6.61 Å². The third kappa shape index (κ3) is 3.00. The monoisotopic (exact) mass is 194 g/mol. The Balaban J connectivity index is 2.66. The minimum atomic E-state index is 0.520. The van der Waals surface area contributed by atoms with Crippen LogP contribution in [-0.4, -0.2) is 11.6 Å². The highest BCUT2D eigenvalue weighted by Gasteiger charge is 2.01. The molecule has 3 heteroatoms. The number of pyridine rings is 1. The Morgan fingerprint density at radius 2 is 2.14 bits per heavy atom. The van der Waals surface area contributed by atoms with E-state index in [1.165, 1.54) is 0 Å². The number of aryl methyl sites for hydroxylation is 1. The molecule has 1 aromatic heterocycles. The smallest absolute Gasteiger partial charge is 0.213 e. The molecule has 0 aliphatic heterocycles. The van der Waals surface area contributed by atoms with Crippen molar-refractivity contribution in [1.29, 1.82) is 0 Å². The third-order valence-corrected chi connectivity index (χ3v) is 1.95. The third-order valence-electron chi connectivity index (χ3n) is 1.95. The summed E-state index contributed by atoms with van der Waals surface area (Å²) in [6.45, 7) is 7.41. The predicted molar refractivity (Wildman–Crippen MR) is 57.2 cm³/mol. The van der Waals surface area contributed by atoms with Gasteiger partial charge in [-0.3, -0.25) is 0 Å². The largest absolute Gasteiger partial charge is 0.477 e. The SMILES string of the molecule is Cc1nc(OCC(C)C)ccc1CN. The number of nitrogens with two attached hydrogens (primary N) is 1. The van der Waals surface area contributed by atoms with E-state index in [4.69, 9.17) is 10.5 Å². The van der Waals surface area contributed by atoms with Crippen molar-refractivity contribution in [2.45, 2.75) is 27.3 Å². The first kappa shape index (κ1) is 11.0. The van der Waals surface area contributed by atoms with Crippen molar-refractivity contribution in [3.63, 3.8) is 0 Å². The zero-order valence-corrected chi connectivity index (χ0v) is 9.08. The highest BCUT2D eigenvalue weighted by molar-refractivity contribution is 5.24. The fourth-order valence-corrected chi connectivity index (χ4v) is 1.12. The van der Waals surface area contributed by atoms with Crippen LogP contribution in [0.5, 0.6) is 5.88 Å². The second-order valence-corrected chi connectivity index (χ2v) is 3.80. The molecule has 0 saturated carbocycles. The number of nitrogens with zero attached hydrogens (tertiary/aromatic N) is 1. The van der Waals surface area contributed by atoms with Crippen molar-refractivity contribution >= 4 is 0 Å². The van der Waals surface area contributed by atoms with Crippen LogP contribution in [0.15, 0.2) is 12.1 Å². The minimum absolute atomic E-state index is 0.520. The molecule has 1 aromatic rings. The molecule has 0 spiro atoms. The van der Waals surface area contributed by atoms with E-state index < -0.39 is 0 Å². The topological polar surface area (TPSA) is 48.1 Å². The van der Waals surface area contributed by atoms with Crippen molar-refractivity contribution in [1.82, 2.24) is 4.98 Å². The predicted octanol–water partition coefficient (Wildman–Crippen LogP) is 1.88. The lowest BCUT2D eigenvalue weighted by molar-refractivity contribution is 0.261. The van der Waals surface area contributed by atoms with Gasteiger partial charge in [0.1, 0.15) is 0 Å². The number of hydrogen-bond donors (Lipinski definition) is 1. The zero-order chi connectivity index (χ0) is 10.6. The second kappa shape index (κ2) is 4.96. The lowest BCUT2D eigenvalue weighted by Gasteiger charge is -2.09. The van der Waals surface area contributed by atoms with E-state index in [0.717, 1.165) is 11.3 Å². The summed E-state index contributed by atoms with van der Waals surface area (Å²) in [5, 5.41) is 0. The highest BCUT2D eigenvalue weighted by atomic mass is 16.5. The van der Waals surface area contributed by atoms with Crippen molar-refractivity contribution in [2.24, 2.45) is 11.7 Å². The fourth-order valence-electron chi connectivity index (χ4n) is 1.12. The van der Waals surface area contributed by atoms with Crippen LogP contribution in [-0.2, 0) is 6.54 Å². The van der Waals surface area contributed by atoms with Crippen molar-refractivity contribution in [3.05, 3.63) is 23.4 Å². The van der Waals surface area contributed by atoms with E-state index in [-0.39, 0.29) is 0 Å². The standard InChI is InChI=1S/C11H18N2O/c1-8(2)7-14-11-5-4-10(6-12)9(3)13-11/h4-5,8H,6-7,12H2,1-3H3. The first-order chi connectivity index (χ1) is 6.63. The van der Waals surface area contributed by atoms with E-state index in [2.05, 4.69) is 18.8 Å². The molecule has 1 heterocycles. The normalized spacial score (nSPS) is 10.6. The van der Waals surface area contributed by atoms with Gasteiger partial charge in [-0.2, -0.15) is 0 Å². The molecule has 0 saturated heterocycles. The van der Waals surface area contributed by atoms with Gasteiger partial charge in [-0.1, -0.05) is 19.9 Å². The number of ether oxygens (including phenoxy) is 1. The maximum Gasteiger partial charge on any atom is 0.213 e. The Labute approximate surface area is 85.3 Å². The van der Waals surface area contributed by atoms with Crippen LogP contribution in [0.25, 0.3) is 0 Å². The van der Waals surface area contributed by atoms with Gasteiger partial charge in [-0.25, -0.2) is 4.98 Å². The summed E-state index contributed by atoms with van der Waals surface area (Å²) in [4.78, 5) is 4.31. The van der Waals surface area contributed by atoms with Gasteiger partial charge in [-0.05, 0) is 18.4 Å². The molecule has 0 amide bonds. The summed E-state index contributed by atoms with van der Waals surface area (Å²) < 4.78 is 5.50. The molecule has 0 fully saturated rings. The molecule has 1 rings (SSSR count). The van der Waals surface area contributed by atoms with Gasteiger partial charge in [0.15, 0.2) is 0 Å². The summed E-state index contributed by atoms with van der Waals surface area (Å²) in [6, 6.07) is 3.84. The van der Waals surface area contributed by atoms with Crippen LogP contribution in [0.3, 0.4) is 0 Å². The van der Waals surface area contributed by atoms with Crippen molar-refractivity contribution in [2.75, 3.05) is 6.61 Å². The lowest BCUT2D eigenvalue weighted by Crippen LogP contribution is -2.07. The fraction of sp³-hybridized carbons (Fsp3) is 0.545. The van der Waals surface area contributed by atoms with E-state index in [0.29, 0.717) is 24.9 Å². The van der Waals surface area contributed by atoms with Crippen molar-refractivity contribution < 1.29 is 4.74 Å². The van der Waals surface area contributed by atoms with Crippen LogP contribution < -0.4 is 10.5 Å². The van der Waals surface area contributed by atoms with Crippen LogP contribution in [0.4, 0.5) is 0 Å². The van der Waals surface area contributed by atoms with Gasteiger partial charge in [0.2, 0.25) is 5.88 Å². The molecule has 2 N–H and O–H groups in total. The molecule has 0 aliphatic carbocycles. The van der Waals surface area contributed by atoms with E-state index in [1.807, 2.05) is 19.1 Å². The minimum Gasteiger partial charge on any atom is -0.477 e. The molecule has 14 heavy (non-hydrogen) atoms. The van der Waals surface area contributed by atoms with Gasteiger partial charge < -0.3 is 10.5 Å². The Morgan fingerprint density at radius 1 is 1.43 bits per heavy atom. The molecule has 0 atom stereocenters. The summed E-state index contributed by atoms with van der Waals surface area (Å²) >= 11 is 0. The van der Waals surface area contributed by atoms with Gasteiger partial charge in [-0.15, -0.1) is 0 Å². The lowest BCUT2D eigenvalue weighted by atomic mass is 10.2. The second-order valence-electron chi connectivity index (χ2n) is 3.80. The maximum atomic E-state index is 5.54. The number of hydrogen-bond acceptors (Lipinski definition) is 3. The average molecular weight is 194 g/mol. The van der Waals surface area contributed by atoms with E-state index in [9.17, 15) is 0 Å². The van der Waals surface area contributed by atoms with Crippen LogP contribution >= 0.6 is 0 Å². The maximum absolute atomic E-state index is 5.54. The Kier molecular flexibility index (Phi) is 3.89. The molecular formula is C11H18N2O. The molecule has 0 aliphatic rings. The number of aromatic nitrogens is 1. The quantitative estimate of drug-likeness (QED) is 0.796. The van der Waals surface area contributed by atoms with Gasteiger partial charge in [0.25, 0.3) is 0 Å². The summed E-state index contributed by atoms with van der Waals surface area (Å²) in [7, 11) is 0. The molecule has 0 bridgehead atoms. The summed E-state index contributed by atoms with van der Waals surface area (Å²) in [5.74, 6) is 1.21. The molecular weight excluding hydrogens is 176 g/mol. The molecule has 0 radical (unpaired) electrons. The van der Waals surface area contributed by atoms with Crippen LogP contribution in [0.1, 0.15) is 25.1 Å². The average Bonchev–Trinajstić information content (AvgIpc) is 2.15. The first-order valence-electron chi connectivity index (χ1n) is 4.93. The van der Waals surface area contributed by atoms with E-state index in [1.54, 1.807) is 0 Å². The highest BCUT2D eigenvalue weighted by Crippen LogP contribution is 2.12. The van der Waals surface area contributed by atoms with Crippen molar-refractivity contribution in [3.8, 4) is 5.88 Å². The molecule has 3 nitrogen and oxygen atoms in total. The van der Waals surface area contributed by atoms with Gasteiger partial charge >= 0.3 is 0 Å². The summed E-state index contributed by atoms with van der Waals surface area (Å²) in [5.41, 5.74) is 7.57. The zero-order valence-electron chi connectivity index (χ0n) is 9.08. The van der Waals surface area contributed by atoms with E-state index >= 15 is 0 Å². The van der Waals surface area contributed by atoms with Gasteiger partial charge in [0, 0.05) is 18.3 Å². The molecule has 78 valence electrons. The van der Waals surface area contributed by atoms with Crippen LogP contribution in [0, 0.1) is 12.8 Å². The molecule has 0 aromatic carbocycles.